The molecule has 1 aromatic carbocycles. The summed E-state index contributed by atoms with van der Waals surface area (Å²) in [5, 5.41) is 2.98. The van der Waals surface area contributed by atoms with Crippen molar-refractivity contribution in [1.29, 1.82) is 0 Å². The highest BCUT2D eigenvalue weighted by molar-refractivity contribution is 5.75. The highest BCUT2D eigenvalue weighted by Gasteiger charge is 2.26. The second-order valence-electron chi connectivity index (χ2n) is 4.52. The largest absolute Gasteiger partial charge is 0.497 e. The highest BCUT2D eigenvalue weighted by atomic mass is 16.5. The Labute approximate surface area is 102 Å². The highest BCUT2D eigenvalue weighted by Crippen LogP contribution is 2.36. The maximum Gasteiger partial charge on any atom is 0.220 e. The van der Waals surface area contributed by atoms with E-state index in [2.05, 4.69) is 17.4 Å². The van der Waals surface area contributed by atoms with Gasteiger partial charge in [0, 0.05) is 18.9 Å². The van der Waals surface area contributed by atoms with Gasteiger partial charge in [-0.1, -0.05) is 13.0 Å². The Balaban J connectivity index is 1.91. The van der Waals surface area contributed by atoms with Gasteiger partial charge in [-0.3, -0.25) is 4.79 Å². The third kappa shape index (κ3) is 2.60. The zero-order chi connectivity index (χ0) is 12.3. The van der Waals surface area contributed by atoms with Gasteiger partial charge in [0.15, 0.2) is 0 Å². The van der Waals surface area contributed by atoms with Crippen molar-refractivity contribution in [2.75, 3.05) is 13.7 Å². The molecule has 2 rings (SSSR count). The lowest BCUT2D eigenvalue weighted by Gasteiger charge is -2.30. The number of ether oxygens (including phenoxy) is 1. The molecule has 0 spiro atoms. The summed E-state index contributed by atoms with van der Waals surface area (Å²) in [6.07, 6.45) is 2.59. The van der Waals surface area contributed by atoms with Gasteiger partial charge in [-0.25, -0.2) is 0 Å². The molecule has 1 atom stereocenters. The number of hydrogen-bond acceptors (Lipinski definition) is 2. The Hall–Kier alpha value is -1.51. The third-order valence-corrected chi connectivity index (χ3v) is 3.28. The Morgan fingerprint density at radius 2 is 2.35 bits per heavy atom. The summed E-state index contributed by atoms with van der Waals surface area (Å²) in [6, 6.07) is 6.18. The number of carbonyl (C=O) groups excluding carboxylic acids is 1. The van der Waals surface area contributed by atoms with E-state index in [1.165, 1.54) is 11.1 Å². The van der Waals surface area contributed by atoms with E-state index < -0.39 is 0 Å². The zero-order valence-electron chi connectivity index (χ0n) is 10.5. The second kappa shape index (κ2) is 5.21. The summed E-state index contributed by atoms with van der Waals surface area (Å²) in [6.45, 7) is 2.77. The van der Waals surface area contributed by atoms with Crippen LogP contribution in [0.15, 0.2) is 18.2 Å². The molecule has 3 heteroatoms. The van der Waals surface area contributed by atoms with Crippen LogP contribution < -0.4 is 10.1 Å². The van der Waals surface area contributed by atoms with E-state index in [1.807, 2.05) is 13.0 Å². The van der Waals surface area contributed by atoms with Crippen LogP contribution in [-0.4, -0.2) is 19.6 Å². The van der Waals surface area contributed by atoms with Crippen molar-refractivity contribution in [3.63, 3.8) is 0 Å². The average molecular weight is 233 g/mol. The van der Waals surface area contributed by atoms with Gasteiger partial charge in [-0.15, -0.1) is 0 Å². The van der Waals surface area contributed by atoms with Crippen LogP contribution in [-0.2, 0) is 11.2 Å². The number of benzene rings is 1. The molecule has 0 saturated carbocycles. The summed E-state index contributed by atoms with van der Waals surface area (Å²) in [5.41, 5.74) is 2.70. The van der Waals surface area contributed by atoms with Gasteiger partial charge in [0.2, 0.25) is 5.91 Å². The van der Waals surface area contributed by atoms with Gasteiger partial charge in [0.05, 0.1) is 7.11 Å². The molecule has 1 aliphatic carbocycles. The van der Waals surface area contributed by atoms with Gasteiger partial charge >= 0.3 is 0 Å². The quantitative estimate of drug-likeness (QED) is 0.847. The molecule has 0 fully saturated rings. The number of methoxy groups -OCH3 is 1. The number of hydrogen-bond donors (Lipinski definition) is 1. The smallest absolute Gasteiger partial charge is 0.220 e. The lowest BCUT2D eigenvalue weighted by atomic mass is 9.77. The molecule has 0 aromatic heterocycles. The maximum atomic E-state index is 11.4. The maximum absolute atomic E-state index is 11.4. The Kier molecular flexibility index (Phi) is 3.67. The normalized spacial score (nSPS) is 16.9. The lowest BCUT2D eigenvalue weighted by Crippen LogP contribution is -2.32. The lowest BCUT2D eigenvalue weighted by molar-refractivity contribution is -0.121. The van der Waals surface area contributed by atoms with Crippen LogP contribution in [0.4, 0.5) is 0 Å². The van der Waals surface area contributed by atoms with Crippen LogP contribution in [0.2, 0.25) is 0 Å². The van der Waals surface area contributed by atoms with E-state index in [-0.39, 0.29) is 5.91 Å². The minimum atomic E-state index is 0.156. The number of carbonyl (C=O) groups is 1. The first kappa shape index (κ1) is 12.0. The number of fused-ring (bicyclic) bond motifs is 1. The third-order valence-electron chi connectivity index (χ3n) is 3.28. The molecular weight excluding hydrogens is 214 g/mol. The zero-order valence-corrected chi connectivity index (χ0v) is 10.5. The Morgan fingerprint density at radius 3 is 3.06 bits per heavy atom. The summed E-state index contributed by atoms with van der Waals surface area (Å²) in [4.78, 5) is 11.4. The molecule has 1 aromatic rings. The molecule has 92 valence electrons. The molecule has 1 N–H and O–H groups in total. The van der Waals surface area contributed by atoms with E-state index >= 15 is 0 Å². The molecule has 3 nitrogen and oxygen atoms in total. The number of nitrogens with one attached hydrogen (secondary N) is 1. The Morgan fingerprint density at radius 1 is 1.53 bits per heavy atom. The first-order chi connectivity index (χ1) is 8.24. The molecule has 17 heavy (non-hydrogen) atoms. The molecule has 1 aliphatic rings. The number of amides is 1. The fourth-order valence-electron chi connectivity index (χ4n) is 2.24. The topological polar surface area (TPSA) is 38.3 Å². The molecule has 0 bridgehead atoms. The summed E-state index contributed by atoms with van der Waals surface area (Å²) in [7, 11) is 1.68. The van der Waals surface area contributed by atoms with Crippen LogP contribution >= 0.6 is 0 Å². The standard InChI is InChI=1S/C14H19NO2/c1-3-4-14(16)15-9-11-7-10-5-6-12(17-2)8-13(10)11/h5-6,8,11H,3-4,7,9H2,1-2H3,(H,15,16). The van der Waals surface area contributed by atoms with Crippen molar-refractivity contribution in [1.82, 2.24) is 5.32 Å². The van der Waals surface area contributed by atoms with Crippen molar-refractivity contribution in [3.05, 3.63) is 29.3 Å². The first-order valence-corrected chi connectivity index (χ1v) is 6.18. The van der Waals surface area contributed by atoms with Crippen molar-refractivity contribution < 1.29 is 9.53 Å². The predicted molar refractivity (Wildman–Crippen MR) is 67.4 cm³/mol. The van der Waals surface area contributed by atoms with E-state index in [0.717, 1.165) is 25.1 Å². The number of rotatable bonds is 5. The van der Waals surface area contributed by atoms with Gasteiger partial charge in [-0.05, 0) is 36.1 Å². The van der Waals surface area contributed by atoms with Crippen molar-refractivity contribution in [2.24, 2.45) is 0 Å². The van der Waals surface area contributed by atoms with Crippen LogP contribution in [0.3, 0.4) is 0 Å². The van der Waals surface area contributed by atoms with E-state index in [1.54, 1.807) is 7.11 Å². The Bertz CT molecular complexity index is 415. The van der Waals surface area contributed by atoms with Crippen LogP contribution in [0.25, 0.3) is 0 Å². The van der Waals surface area contributed by atoms with Gasteiger partial charge in [0.1, 0.15) is 5.75 Å². The SMILES string of the molecule is CCCC(=O)NCC1Cc2ccc(OC)cc21. The fraction of sp³-hybridized carbons (Fsp3) is 0.500. The van der Waals surface area contributed by atoms with Crippen LogP contribution in [0.5, 0.6) is 5.75 Å². The molecular formula is C14H19NO2. The monoisotopic (exact) mass is 233 g/mol. The second-order valence-corrected chi connectivity index (χ2v) is 4.52. The van der Waals surface area contributed by atoms with Crippen molar-refractivity contribution in [3.8, 4) is 5.75 Å². The van der Waals surface area contributed by atoms with Gasteiger partial charge in [-0.2, -0.15) is 0 Å². The molecule has 0 heterocycles. The molecule has 1 unspecified atom stereocenters. The van der Waals surface area contributed by atoms with Crippen LogP contribution in [0, 0.1) is 0 Å². The van der Waals surface area contributed by atoms with Crippen molar-refractivity contribution in [2.45, 2.75) is 32.1 Å². The van der Waals surface area contributed by atoms with E-state index in [9.17, 15) is 4.79 Å². The fourth-order valence-corrected chi connectivity index (χ4v) is 2.24. The minimum Gasteiger partial charge on any atom is -0.497 e. The van der Waals surface area contributed by atoms with Gasteiger partial charge < -0.3 is 10.1 Å². The first-order valence-electron chi connectivity index (χ1n) is 6.18. The van der Waals surface area contributed by atoms with Crippen molar-refractivity contribution >= 4 is 5.91 Å². The summed E-state index contributed by atoms with van der Waals surface area (Å²) >= 11 is 0. The molecule has 1 amide bonds. The summed E-state index contributed by atoms with van der Waals surface area (Å²) in [5.74, 6) is 1.51. The summed E-state index contributed by atoms with van der Waals surface area (Å²) < 4.78 is 5.21. The molecule has 0 radical (unpaired) electrons. The predicted octanol–water partition coefficient (Wildman–Crippen LogP) is 2.25. The van der Waals surface area contributed by atoms with Crippen LogP contribution in [0.1, 0.15) is 36.8 Å². The molecule has 0 aliphatic heterocycles. The van der Waals surface area contributed by atoms with Gasteiger partial charge in [0.25, 0.3) is 0 Å². The van der Waals surface area contributed by atoms with E-state index in [4.69, 9.17) is 4.74 Å². The minimum absolute atomic E-state index is 0.156. The average Bonchev–Trinajstić information content (AvgIpc) is 2.31. The molecule has 0 saturated heterocycles. The van der Waals surface area contributed by atoms with E-state index in [0.29, 0.717) is 12.3 Å².